The Balaban J connectivity index is 2.25. The number of morpholine rings is 1. The molecule has 0 aliphatic carbocycles. The Bertz CT molecular complexity index is 428. The van der Waals surface area contributed by atoms with Crippen LogP contribution in [0.3, 0.4) is 0 Å². The lowest BCUT2D eigenvalue weighted by molar-refractivity contribution is 0.122. The van der Waals surface area contributed by atoms with Crippen LogP contribution in [0.25, 0.3) is 0 Å². The van der Waals surface area contributed by atoms with E-state index in [1.54, 1.807) is 0 Å². The topological polar surface area (TPSA) is 36.3 Å². The summed E-state index contributed by atoms with van der Waals surface area (Å²) >= 11 is 0. The molecular formula is C14H18N2O. The molecule has 1 aromatic carbocycles. The van der Waals surface area contributed by atoms with E-state index in [0.29, 0.717) is 0 Å². The minimum Gasteiger partial charge on any atom is -0.378 e. The van der Waals surface area contributed by atoms with Crippen LogP contribution in [0.1, 0.15) is 19.4 Å². The van der Waals surface area contributed by atoms with Gasteiger partial charge in [0.15, 0.2) is 0 Å². The first-order valence-corrected chi connectivity index (χ1v) is 5.98. The van der Waals surface area contributed by atoms with E-state index in [-0.39, 0.29) is 0 Å². The van der Waals surface area contributed by atoms with Crippen LogP contribution >= 0.6 is 0 Å². The Hall–Kier alpha value is -1.53. The fourth-order valence-electron chi connectivity index (χ4n) is 1.98. The zero-order chi connectivity index (χ0) is 12.3. The number of hydrogen-bond acceptors (Lipinski definition) is 3. The molecule has 0 unspecified atom stereocenters. The Morgan fingerprint density at radius 2 is 2.00 bits per heavy atom. The number of nitrogens with zero attached hydrogens (tertiary/aromatic N) is 2. The maximum Gasteiger partial charge on any atom is 0.0767 e. The lowest BCUT2D eigenvalue weighted by Crippen LogP contribution is -2.36. The minimum absolute atomic E-state index is 0.428. The first-order chi connectivity index (χ1) is 8.13. The van der Waals surface area contributed by atoms with E-state index in [2.05, 4.69) is 23.1 Å². The molecule has 1 aliphatic heterocycles. The van der Waals surface area contributed by atoms with E-state index >= 15 is 0 Å². The van der Waals surface area contributed by atoms with Gasteiger partial charge in [0.05, 0.1) is 24.7 Å². The van der Waals surface area contributed by atoms with Crippen molar-refractivity contribution in [2.75, 3.05) is 31.2 Å². The summed E-state index contributed by atoms with van der Waals surface area (Å²) in [6, 6.07) is 10.6. The number of benzene rings is 1. The Labute approximate surface area is 103 Å². The molecule has 3 heteroatoms. The number of hydrogen-bond donors (Lipinski definition) is 0. The third kappa shape index (κ3) is 2.59. The van der Waals surface area contributed by atoms with Crippen LogP contribution in [0, 0.1) is 11.3 Å². The third-order valence-electron chi connectivity index (χ3n) is 3.22. The van der Waals surface area contributed by atoms with Gasteiger partial charge in [-0.2, -0.15) is 5.26 Å². The van der Waals surface area contributed by atoms with Gasteiger partial charge in [0.1, 0.15) is 0 Å². The minimum atomic E-state index is -0.428. The van der Waals surface area contributed by atoms with Crippen molar-refractivity contribution in [3.05, 3.63) is 29.8 Å². The van der Waals surface area contributed by atoms with Crippen molar-refractivity contribution in [3.8, 4) is 6.07 Å². The predicted octanol–water partition coefficient (Wildman–Crippen LogP) is 2.32. The standard InChI is InChI=1S/C14H18N2O/c1-14(2,11-15)12-4-3-5-13(10-12)16-6-8-17-9-7-16/h3-5,10H,6-9H2,1-2H3. The van der Waals surface area contributed by atoms with E-state index in [1.165, 1.54) is 5.69 Å². The molecule has 1 saturated heterocycles. The molecule has 0 N–H and O–H groups in total. The smallest absolute Gasteiger partial charge is 0.0767 e. The van der Waals surface area contributed by atoms with Crippen molar-refractivity contribution in [2.45, 2.75) is 19.3 Å². The van der Waals surface area contributed by atoms with Gasteiger partial charge in [-0.15, -0.1) is 0 Å². The maximum atomic E-state index is 9.17. The van der Waals surface area contributed by atoms with Gasteiger partial charge in [-0.25, -0.2) is 0 Å². The van der Waals surface area contributed by atoms with E-state index in [4.69, 9.17) is 10.00 Å². The van der Waals surface area contributed by atoms with Gasteiger partial charge in [-0.1, -0.05) is 12.1 Å². The highest BCUT2D eigenvalue weighted by Gasteiger charge is 2.21. The van der Waals surface area contributed by atoms with Gasteiger partial charge in [0.25, 0.3) is 0 Å². The molecular weight excluding hydrogens is 212 g/mol. The normalized spacial score (nSPS) is 16.6. The molecule has 1 fully saturated rings. The third-order valence-corrected chi connectivity index (χ3v) is 3.22. The average molecular weight is 230 g/mol. The number of nitriles is 1. The highest BCUT2D eigenvalue weighted by Crippen LogP contribution is 2.26. The molecule has 1 aliphatic rings. The van der Waals surface area contributed by atoms with Crippen molar-refractivity contribution in [3.63, 3.8) is 0 Å². The largest absolute Gasteiger partial charge is 0.378 e. The molecule has 0 saturated carbocycles. The fraction of sp³-hybridized carbons (Fsp3) is 0.500. The van der Waals surface area contributed by atoms with Gasteiger partial charge in [-0.05, 0) is 31.5 Å². The summed E-state index contributed by atoms with van der Waals surface area (Å²) in [7, 11) is 0. The molecule has 0 bridgehead atoms. The molecule has 0 amide bonds. The molecule has 0 atom stereocenters. The molecule has 17 heavy (non-hydrogen) atoms. The van der Waals surface area contributed by atoms with Crippen LogP contribution in [0.5, 0.6) is 0 Å². The molecule has 3 nitrogen and oxygen atoms in total. The second kappa shape index (κ2) is 4.77. The Kier molecular flexibility index (Phi) is 3.35. The summed E-state index contributed by atoms with van der Waals surface area (Å²) in [4.78, 5) is 2.31. The second-order valence-electron chi connectivity index (χ2n) is 4.89. The summed E-state index contributed by atoms with van der Waals surface area (Å²) in [6.07, 6.45) is 0. The van der Waals surface area contributed by atoms with Crippen LogP contribution in [-0.4, -0.2) is 26.3 Å². The van der Waals surface area contributed by atoms with Crippen LogP contribution in [-0.2, 0) is 10.2 Å². The van der Waals surface area contributed by atoms with Gasteiger partial charge < -0.3 is 9.64 Å². The zero-order valence-corrected chi connectivity index (χ0v) is 10.4. The predicted molar refractivity (Wildman–Crippen MR) is 68.1 cm³/mol. The van der Waals surface area contributed by atoms with Crippen LogP contribution in [0.15, 0.2) is 24.3 Å². The number of ether oxygens (including phenoxy) is 1. The summed E-state index contributed by atoms with van der Waals surface area (Å²) < 4.78 is 5.35. The lowest BCUT2D eigenvalue weighted by Gasteiger charge is -2.30. The number of anilines is 1. The first kappa shape index (κ1) is 11.9. The maximum absolute atomic E-state index is 9.17. The zero-order valence-electron chi connectivity index (χ0n) is 10.4. The molecule has 0 aromatic heterocycles. The van der Waals surface area contributed by atoms with Crippen molar-refractivity contribution in [2.24, 2.45) is 0 Å². The Morgan fingerprint density at radius 1 is 1.29 bits per heavy atom. The molecule has 1 heterocycles. The van der Waals surface area contributed by atoms with Crippen molar-refractivity contribution < 1.29 is 4.74 Å². The summed E-state index contributed by atoms with van der Waals surface area (Å²) in [5.41, 5.74) is 1.83. The van der Waals surface area contributed by atoms with Gasteiger partial charge in [0, 0.05) is 18.8 Å². The number of rotatable bonds is 2. The van der Waals surface area contributed by atoms with Gasteiger partial charge in [0.2, 0.25) is 0 Å². The summed E-state index contributed by atoms with van der Waals surface area (Å²) in [5, 5.41) is 9.17. The van der Waals surface area contributed by atoms with Gasteiger partial charge >= 0.3 is 0 Å². The second-order valence-corrected chi connectivity index (χ2v) is 4.89. The highest BCUT2D eigenvalue weighted by molar-refractivity contribution is 5.51. The van der Waals surface area contributed by atoms with E-state index in [9.17, 15) is 0 Å². The summed E-state index contributed by atoms with van der Waals surface area (Å²) in [6.45, 7) is 7.32. The average Bonchev–Trinajstić information content (AvgIpc) is 2.40. The van der Waals surface area contributed by atoms with Crippen LogP contribution in [0.4, 0.5) is 5.69 Å². The molecule has 0 spiro atoms. The van der Waals surface area contributed by atoms with Crippen LogP contribution in [0.2, 0.25) is 0 Å². The Morgan fingerprint density at radius 3 is 2.65 bits per heavy atom. The van der Waals surface area contributed by atoms with Crippen molar-refractivity contribution in [1.29, 1.82) is 5.26 Å². The molecule has 2 rings (SSSR count). The van der Waals surface area contributed by atoms with Gasteiger partial charge in [-0.3, -0.25) is 0 Å². The molecule has 0 radical (unpaired) electrons. The van der Waals surface area contributed by atoms with Crippen molar-refractivity contribution >= 4 is 5.69 Å². The fourth-order valence-corrected chi connectivity index (χ4v) is 1.98. The SMILES string of the molecule is CC(C)(C#N)c1cccc(N2CCOCC2)c1. The highest BCUT2D eigenvalue weighted by atomic mass is 16.5. The van der Waals surface area contributed by atoms with E-state index < -0.39 is 5.41 Å². The monoisotopic (exact) mass is 230 g/mol. The molecule has 1 aromatic rings. The lowest BCUT2D eigenvalue weighted by atomic mass is 9.86. The first-order valence-electron chi connectivity index (χ1n) is 5.98. The van der Waals surface area contributed by atoms with Crippen LogP contribution < -0.4 is 4.90 Å². The van der Waals surface area contributed by atoms with E-state index in [1.807, 2.05) is 26.0 Å². The summed E-state index contributed by atoms with van der Waals surface area (Å²) in [5.74, 6) is 0. The quantitative estimate of drug-likeness (QED) is 0.782. The molecule has 90 valence electrons. The van der Waals surface area contributed by atoms with Crippen molar-refractivity contribution in [1.82, 2.24) is 0 Å². The van der Waals surface area contributed by atoms with E-state index in [0.717, 1.165) is 31.9 Å².